The first-order valence-corrected chi connectivity index (χ1v) is 50.0. The number of unbranched alkanes of at least 4 members (excludes halogenated alkanes) is 6. The molecule has 1 saturated carbocycles. The van der Waals surface area contributed by atoms with Crippen LogP contribution in [0.1, 0.15) is 293 Å². The van der Waals surface area contributed by atoms with Crippen molar-refractivity contribution in [2.45, 2.75) is 374 Å². The lowest BCUT2D eigenvalue weighted by atomic mass is 9.81. The number of β-amino-alcohol motifs (C(OH)–C–C–N with tert-alkyl or cyclic N) is 1. The van der Waals surface area contributed by atoms with Crippen molar-refractivity contribution in [1.82, 2.24) is 25.0 Å². The zero-order valence-electron chi connectivity index (χ0n) is 80.1. The number of aryl methyl sites for hydroxylation is 1. The van der Waals surface area contributed by atoms with Crippen molar-refractivity contribution in [3.8, 4) is 16.2 Å². The molecule has 716 valence electrons. The van der Waals surface area contributed by atoms with Crippen LogP contribution in [0.5, 0.6) is 5.75 Å². The maximum Gasteiger partial charge on any atom is 0.329 e. The number of halogens is 2. The second-order valence-electron chi connectivity index (χ2n) is 40.4. The van der Waals surface area contributed by atoms with E-state index in [9.17, 15) is 67.0 Å². The van der Waals surface area contributed by atoms with Crippen LogP contribution in [0.3, 0.4) is 0 Å². The number of aliphatic hydroxyl groups is 4. The van der Waals surface area contributed by atoms with Crippen LogP contribution in [0.15, 0.2) is 71.3 Å². The molecule has 3 saturated heterocycles. The van der Waals surface area contributed by atoms with Crippen molar-refractivity contribution < 1.29 is 95.4 Å². The number of fused-ring (bicyclic) bond motifs is 4. The number of hydrogen-bond donors (Lipinski definition) is 5. The van der Waals surface area contributed by atoms with E-state index in [4.69, 9.17) is 28.4 Å². The van der Waals surface area contributed by atoms with Crippen LogP contribution >= 0.6 is 23.1 Å². The monoisotopic (exact) mass is 1840 g/mol. The molecule has 1 aromatic heterocycles. The minimum Gasteiger partial charge on any atom is -0.488 e. The quantitative estimate of drug-likeness (QED) is 0.0179. The first kappa shape index (κ1) is 108. The lowest BCUT2D eigenvalue weighted by Crippen LogP contribution is -2.64. The van der Waals surface area contributed by atoms with Gasteiger partial charge < -0.3 is 68.9 Å². The minimum atomic E-state index is -2.61. The van der Waals surface area contributed by atoms with Crippen molar-refractivity contribution in [2.75, 3.05) is 51.7 Å². The number of nitrogens with zero attached hydrogens (tertiary/aromatic N) is 4. The molecular weight excluding hydrogens is 1680 g/mol. The molecule has 5 aliphatic heterocycles. The molecule has 6 heterocycles. The number of benzene rings is 2. The molecule has 0 radical (unpaired) electrons. The number of aromatic nitrogens is 1. The molecule has 1 aliphatic carbocycles. The van der Waals surface area contributed by atoms with E-state index in [1.54, 1.807) is 57.5 Å². The molecule has 0 spiro atoms. The maximum atomic E-state index is 14.4. The molecule has 23 nitrogen and oxygen atoms in total. The number of carbonyl (C=O) groups excluding carboxylic acids is 7. The summed E-state index contributed by atoms with van der Waals surface area (Å²) in [6.45, 7) is 36.0. The number of carbonyl (C=O) groups is 7. The topological polar surface area (TPSA) is 308 Å². The number of cyclic esters (lactones) is 1. The third-order valence-corrected chi connectivity index (χ3v) is 29.1. The summed E-state index contributed by atoms with van der Waals surface area (Å²) in [5.74, 6) is -8.56. The third kappa shape index (κ3) is 33.0. The van der Waals surface area contributed by atoms with Gasteiger partial charge in [-0.1, -0.05) is 163 Å². The molecule has 4 amide bonds. The molecule has 5 N–H and O–H groups in total. The second-order valence-corrected chi connectivity index (χ2v) is 44.8. The Labute approximate surface area is 767 Å². The maximum absolute atomic E-state index is 14.4. The van der Waals surface area contributed by atoms with Gasteiger partial charge >= 0.3 is 5.97 Å². The highest BCUT2D eigenvalue weighted by Crippen LogP contribution is 2.42. The third-order valence-electron chi connectivity index (χ3n) is 25.3. The number of likely N-dealkylation sites (tertiary alicyclic amines) is 1. The van der Waals surface area contributed by atoms with Crippen LogP contribution in [-0.4, -0.2) is 226 Å². The molecule has 9 rings (SSSR count). The summed E-state index contributed by atoms with van der Waals surface area (Å²) in [7, 11) is 3.75. The standard InChI is InChI=1S/C48H79NO12S.C33H40N4O5S.C18H36F2OS/c1-28-21-29(2)23-40(58-10)43-41(59-11)25-31(4)48(56,61-43)44(53)45(54)49-19-13-12-16-35(49)46(55)60-42(30(3)24-33-17-18-36(50)39(26-33)57-9)32(5)37(51)27-38(52)34(22-28)15-14-20-62-47(6,7)8;1-19(2)28(37-16-23-9-7-8-10-25(23)31(37)40)32(41)36-17-24(38)14-26(36)30(39)34-15-22-12-11-21(29-20(3)35-18-43-29)13-27(22)42-33(4,5)6;1-17(2,3)13-10-8-6-5-7-9-11-15-22(21)16-12-14-18(4,19)20/h22,24,29,31-37,39-43,50-51,56H,12-21,23,25-27H2,1-11H3;7-13,18-19,24,26,28,38H,14-17H2,1-6H3,(H,34,39);5-16H2,1-4H3/b28-22+,30-24+;;/t29-,31+,32+,33-,34+,35-,36+,37-,39+,40-,41-,42+,43+,48+;24-,26+,28+;/m01./s1. The summed E-state index contributed by atoms with van der Waals surface area (Å²) >= 11 is 3.41. The van der Waals surface area contributed by atoms with E-state index in [1.807, 2.05) is 121 Å². The Morgan fingerprint density at radius 3 is 2.06 bits per heavy atom. The number of ketones is 2. The summed E-state index contributed by atoms with van der Waals surface area (Å²) in [4.78, 5) is 108. The molecule has 1 unspecified atom stereocenters. The normalized spacial score (nSPS) is 28.0. The molecule has 127 heavy (non-hydrogen) atoms. The summed E-state index contributed by atoms with van der Waals surface area (Å²) in [6.07, 6.45) is 13.9. The van der Waals surface area contributed by atoms with Crippen molar-refractivity contribution in [3.63, 3.8) is 0 Å². The molecule has 4 fully saturated rings. The number of amides is 4. The molecule has 6 aliphatic rings. The van der Waals surface area contributed by atoms with Gasteiger partial charge in [-0.2, -0.15) is 11.8 Å². The Kier molecular flexibility index (Phi) is 42.3. The Bertz CT molecular complexity index is 4130. The average Bonchev–Trinajstić information content (AvgIpc) is 1.65. The number of thioether (sulfide) groups is 1. The van der Waals surface area contributed by atoms with E-state index in [0.717, 1.165) is 64.8 Å². The van der Waals surface area contributed by atoms with Crippen LogP contribution in [-0.2, 0) is 76.3 Å². The van der Waals surface area contributed by atoms with Crippen LogP contribution in [0.2, 0.25) is 0 Å². The summed E-state index contributed by atoms with van der Waals surface area (Å²) in [5, 5.41) is 48.1. The zero-order chi connectivity index (χ0) is 94.2. The molecule has 28 heteroatoms. The van der Waals surface area contributed by atoms with Gasteiger partial charge in [-0.05, 0) is 196 Å². The highest BCUT2D eigenvalue weighted by atomic mass is 32.2. The smallest absolute Gasteiger partial charge is 0.329 e. The lowest BCUT2D eigenvalue weighted by Gasteiger charge is -2.47. The van der Waals surface area contributed by atoms with Gasteiger partial charge in [-0.3, -0.25) is 33.0 Å². The van der Waals surface area contributed by atoms with Gasteiger partial charge in [0.1, 0.15) is 47.5 Å². The fraction of sp³-hybridized carbons (Fsp3) is 0.737. The lowest BCUT2D eigenvalue weighted by molar-refractivity contribution is -0.302. The highest BCUT2D eigenvalue weighted by molar-refractivity contribution is 8.00. The Morgan fingerprint density at radius 2 is 1.43 bits per heavy atom. The molecule has 2 aromatic carbocycles. The summed E-state index contributed by atoms with van der Waals surface area (Å²) < 4.78 is 73.3. The average molecular weight is 1840 g/mol. The number of allylic oxidation sites excluding steroid dienone is 3. The van der Waals surface area contributed by atoms with Gasteiger partial charge in [0.15, 0.2) is 0 Å². The Morgan fingerprint density at radius 1 is 0.780 bits per heavy atom. The van der Waals surface area contributed by atoms with Crippen LogP contribution in [0.25, 0.3) is 10.4 Å². The minimum absolute atomic E-state index is 0.00753. The van der Waals surface area contributed by atoms with E-state index < -0.39 is 124 Å². The van der Waals surface area contributed by atoms with Crippen molar-refractivity contribution in [1.29, 1.82) is 0 Å². The number of alkyl halides is 2. The van der Waals surface area contributed by atoms with Gasteiger partial charge in [0.25, 0.3) is 17.6 Å². The zero-order valence-corrected chi connectivity index (χ0v) is 82.5. The number of rotatable bonds is 30. The number of thiazole rings is 1. The fourth-order valence-electron chi connectivity index (χ4n) is 18.3. The molecule has 3 aromatic rings. The van der Waals surface area contributed by atoms with Crippen LogP contribution in [0, 0.1) is 47.8 Å². The number of aliphatic hydroxyl groups excluding tert-OH is 3. The SMILES string of the molecule is CC(C)(C)CCCCCCCCCS(=O)CCCC(C)(F)F.CO[C@H]1C[C@@H](C)C/C(C)=C/[C@@H](CCCSC(C)(C)C)C(=O)C[C@H](O)[C@@H](C)[C@@H](/C(C)=C/[C@@H]2CC[C@@H](O)[C@H](OC)C2)OC(=O)[C@@H]2CCCCN2C(=O)C(=O)[C@]2(O)O[C@H]1[C@@H](OC)C[C@H]2C.Cc1ncsc1-c1ccc(CNC(=O)[C@@H]2C[C@@H](O)CN2C(=O)[C@H](C(C)C)N2Cc3ccccc3C2=O)c(OC(C)(C)C)c1. The highest BCUT2D eigenvalue weighted by Gasteiger charge is 2.57. The van der Waals surface area contributed by atoms with Crippen molar-refractivity contribution >= 4 is 75.1 Å². The van der Waals surface area contributed by atoms with Gasteiger partial charge in [0, 0.05) is 123 Å². The van der Waals surface area contributed by atoms with E-state index in [2.05, 4.69) is 58.8 Å². The number of methoxy groups -OCH3 is 3. The summed E-state index contributed by atoms with van der Waals surface area (Å²) in [5.41, 5.74) is 7.69. The van der Waals surface area contributed by atoms with E-state index in [1.165, 1.54) is 48.3 Å². The van der Waals surface area contributed by atoms with E-state index in [-0.39, 0.29) is 104 Å². The van der Waals surface area contributed by atoms with Crippen molar-refractivity contribution in [3.05, 3.63) is 93.7 Å². The number of esters is 1. The van der Waals surface area contributed by atoms with Crippen molar-refractivity contribution in [2.24, 2.45) is 40.9 Å². The number of hydrogen-bond acceptors (Lipinski definition) is 21. The fourth-order valence-corrected chi connectivity index (χ4v) is 21.2. The van der Waals surface area contributed by atoms with Gasteiger partial charge in [-0.25, -0.2) is 18.6 Å². The van der Waals surface area contributed by atoms with Gasteiger partial charge in [0.2, 0.25) is 23.5 Å². The molecule has 2 bridgehead atoms. The molecular formula is C99H155F2N5O18S3. The summed E-state index contributed by atoms with van der Waals surface area (Å²) in [6, 6.07) is 10.5. The van der Waals surface area contributed by atoms with Crippen LogP contribution in [0.4, 0.5) is 8.78 Å². The largest absolute Gasteiger partial charge is 0.488 e. The molecule has 18 atom stereocenters. The van der Waals surface area contributed by atoms with Gasteiger partial charge in [-0.15, -0.1) is 11.3 Å². The second kappa shape index (κ2) is 49.7. The number of ether oxygens (including phenoxy) is 6. The van der Waals surface area contributed by atoms with E-state index >= 15 is 0 Å². The predicted molar refractivity (Wildman–Crippen MR) is 499 cm³/mol. The number of piperidine rings is 1. The number of Topliss-reactive ketones (excluding diaryl/α,β-unsaturated/α-hetero) is 2. The first-order chi connectivity index (χ1) is 59.6. The van der Waals surface area contributed by atoms with Gasteiger partial charge in [0.05, 0.1) is 52.7 Å². The Balaban J connectivity index is 0.000000293. The number of nitrogens with one attached hydrogen (secondary N) is 1. The first-order valence-electron chi connectivity index (χ1n) is 46.6. The predicted octanol–water partition coefficient (Wildman–Crippen LogP) is 17.3. The van der Waals surface area contributed by atoms with E-state index in [0.29, 0.717) is 98.1 Å². The Hall–Kier alpha value is -5.92. The van der Waals surface area contributed by atoms with Crippen LogP contribution < -0.4 is 10.1 Å².